The summed E-state index contributed by atoms with van der Waals surface area (Å²) in [4.78, 5) is 30.8. The van der Waals surface area contributed by atoms with Crippen molar-refractivity contribution in [3.05, 3.63) is 0 Å². The Hall–Kier alpha value is -1.14. The summed E-state index contributed by atoms with van der Waals surface area (Å²) < 4.78 is 0. The third-order valence-corrected chi connectivity index (χ3v) is 3.77. The molecule has 0 radical (unpaired) electrons. The Morgan fingerprint density at radius 1 is 1.00 bits per heavy atom. The molecule has 2 aliphatic rings. The first kappa shape index (κ1) is 13.3. The third-order valence-electron chi connectivity index (χ3n) is 3.77. The van der Waals surface area contributed by atoms with E-state index in [1.54, 1.807) is 4.90 Å². The lowest BCUT2D eigenvalue weighted by atomic mass is 10.3. The molecule has 2 amide bonds. The summed E-state index contributed by atoms with van der Waals surface area (Å²) in [6, 6.07) is 0. The summed E-state index contributed by atoms with van der Waals surface area (Å²) in [5.41, 5.74) is 0. The van der Waals surface area contributed by atoms with Crippen LogP contribution in [0, 0.1) is 0 Å². The highest BCUT2D eigenvalue weighted by atomic mass is 16.2. The average molecular weight is 254 g/mol. The molecule has 2 aliphatic heterocycles. The zero-order valence-electron chi connectivity index (χ0n) is 11.0. The first-order valence-electron chi connectivity index (χ1n) is 6.57. The second kappa shape index (κ2) is 6.15. The zero-order valence-corrected chi connectivity index (χ0v) is 11.0. The number of carbonyl (C=O) groups is 2. The molecular formula is C12H22N4O2. The molecule has 2 fully saturated rings. The normalized spacial score (nSPS) is 23.2. The lowest BCUT2D eigenvalue weighted by Crippen LogP contribution is -2.53. The van der Waals surface area contributed by atoms with Crippen LogP contribution in [0.15, 0.2) is 0 Å². The Morgan fingerprint density at radius 3 is 2.17 bits per heavy atom. The van der Waals surface area contributed by atoms with Crippen LogP contribution in [-0.2, 0) is 9.59 Å². The molecule has 6 nitrogen and oxygen atoms in total. The van der Waals surface area contributed by atoms with Crippen LogP contribution in [0.2, 0.25) is 0 Å². The van der Waals surface area contributed by atoms with Crippen molar-refractivity contribution in [3.8, 4) is 0 Å². The predicted molar refractivity (Wildman–Crippen MR) is 68.2 cm³/mol. The number of hydrogen-bond donors (Lipinski definition) is 0. The highest BCUT2D eigenvalue weighted by molar-refractivity contribution is 5.78. The van der Waals surface area contributed by atoms with E-state index < -0.39 is 0 Å². The summed E-state index contributed by atoms with van der Waals surface area (Å²) in [5.74, 6) is 0.199. The molecule has 2 saturated heterocycles. The summed E-state index contributed by atoms with van der Waals surface area (Å²) in [5, 5.41) is 0. The van der Waals surface area contributed by atoms with E-state index in [0.717, 1.165) is 32.6 Å². The van der Waals surface area contributed by atoms with Crippen LogP contribution in [0.25, 0.3) is 0 Å². The molecule has 0 aromatic rings. The molecular weight excluding hydrogens is 232 g/mol. The van der Waals surface area contributed by atoms with E-state index in [1.807, 2.05) is 4.90 Å². The molecule has 2 heterocycles. The van der Waals surface area contributed by atoms with E-state index in [-0.39, 0.29) is 5.91 Å². The van der Waals surface area contributed by atoms with Gasteiger partial charge in [-0.15, -0.1) is 0 Å². The van der Waals surface area contributed by atoms with Gasteiger partial charge in [-0.05, 0) is 7.05 Å². The SMILES string of the molecule is CN1CCN(CC(=O)N2CCN(C=O)CC2)CC1. The van der Waals surface area contributed by atoms with Crippen molar-refractivity contribution >= 4 is 12.3 Å². The van der Waals surface area contributed by atoms with Crippen LogP contribution in [0.3, 0.4) is 0 Å². The van der Waals surface area contributed by atoms with Crippen molar-refractivity contribution < 1.29 is 9.59 Å². The van der Waals surface area contributed by atoms with E-state index >= 15 is 0 Å². The molecule has 0 aromatic carbocycles. The van der Waals surface area contributed by atoms with E-state index in [0.29, 0.717) is 32.7 Å². The molecule has 0 aromatic heterocycles. The number of amides is 2. The number of carbonyl (C=O) groups excluding carboxylic acids is 2. The second-order valence-electron chi connectivity index (χ2n) is 5.10. The Labute approximate surface area is 108 Å². The van der Waals surface area contributed by atoms with E-state index in [2.05, 4.69) is 16.8 Å². The highest BCUT2D eigenvalue weighted by Crippen LogP contribution is 2.03. The average Bonchev–Trinajstić information content (AvgIpc) is 2.41. The minimum atomic E-state index is 0.199. The topological polar surface area (TPSA) is 47.1 Å². The van der Waals surface area contributed by atoms with Crippen molar-refractivity contribution in [2.24, 2.45) is 0 Å². The quantitative estimate of drug-likeness (QED) is 0.577. The maximum Gasteiger partial charge on any atom is 0.236 e. The fourth-order valence-corrected chi connectivity index (χ4v) is 2.37. The smallest absolute Gasteiger partial charge is 0.236 e. The zero-order chi connectivity index (χ0) is 13.0. The van der Waals surface area contributed by atoms with Gasteiger partial charge in [-0.25, -0.2) is 0 Å². The molecule has 0 bridgehead atoms. The van der Waals surface area contributed by atoms with Gasteiger partial charge in [0.2, 0.25) is 12.3 Å². The van der Waals surface area contributed by atoms with Crippen LogP contribution in [0.1, 0.15) is 0 Å². The fraction of sp³-hybridized carbons (Fsp3) is 0.833. The number of hydrogen-bond acceptors (Lipinski definition) is 4. The summed E-state index contributed by atoms with van der Waals surface area (Å²) in [6.07, 6.45) is 0.863. The first-order valence-corrected chi connectivity index (χ1v) is 6.57. The molecule has 102 valence electrons. The van der Waals surface area contributed by atoms with Gasteiger partial charge >= 0.3 is 0 Å². The fourth-order valence-electron chi connectivity index (χ4n) is 2.37. The van der Waals surface area contributed by atoms with Gasteiger partial charge in [0.15, 0.2) is 0 Å². The lowest BCUT2D eigenvalue weighted by Gasteiger charge is -2.36. The van der Waals surface area contributed by atoms with Gasteiger partial charge in [0.25, 0.3) is 0 Å². The van der Waals surface area contributed by atoms with Gasteiger partial charge < -0.3 is 14.7 Å². The Balaban J connectivity index is 1.73. The van der Waals surface area contributed by atoms with Gasteiger partial charge in [-0.3, -0.25) is 14.5 Å². The van der Waals surface area contributed by atoms with Crippen molar-refractivity contribution in [2.75, 3.05) is 66.0 Å². The van der Waals surface area contributed by atoms with Crippen LogP contribution >= 0.6 is 0 Å². The molecule has 2 rings (SSSR count). The minimum absolute atomic E-state index is 0.199. The number of likely N-dealkylation sites (N-methyl/N-ethyl adjacent to an activating group) is 1. The first-order chi connectivity index (χ1) is 8.69. The Bertz CT molecular complexity index is 294. The highest BCUT2D eigenvalue weighted by Gasteiger charge is 2.23. The van der Waals surface area contributed by atoms with Crippen molar-refractivity contribution in [2.45, 2.75) is 0 Å². The summed E-state index contributed by atoms with van der Waals surface area (Å²) in [6.45, 7) is 7.20. The minimum Gasteiger partial charge on any atom is -0.342 e. The van der Waals surface area contributed by atoms with Crippen molar-refractivity contribution in [1.82, 2.24) is 19.6 Å². The number of nitrogens with zero attached hydrogens (tertiary/aromatic N) is 4. The monoisotopic (exact) mass is 254 g/mol. The van der Waals surface area contributed by atoms with E-state index in [4.69, 9.17) is 0 Å². The maximum atomic E-state index is 12.1. The van der Waals surface area contributed by atoms with Crippen LogP contribution in [-0.4, -0.2) is 97.9 Å². The Morgan fingerprint density at radius 2 is 1.61 bits per heavy atom. The lowest BCUT2D eigenvalue weighted by molar-refractivity contribution is -0.136. The van der Waals surface area contributed by atoms with Gasteiger partial charge in [-0.1, -0.05) is 0 Å². The predicted octanol–water partition coefficient (Wildman–Crippen LogP) is -1.47. The number of piperazine rings is 2. The van der Waals surface area contributed by atoms with Crippen LogP contribution in [0.5, 0.6) is 0 Å². The van der Waals surface area contributed by atoms with Gasteiger partial charge in [0.05, 0.1) is 6.54 Å². The van der Waals surface area contributed by atoms with E-state index in [1.165, 1.54) is 0 Å². The second-order valence-corrected chi connectivity index (χ2v) is 5.10. The third kappa shape index (κ3) is 3.43. The van der Waals surface area contributed by atoms with Gasteiger partial charge in [0, 0.05) is 52.4 Å². The number of rotatable bonds is 3. The summed E-state index contributed by atoms with van der Waals surface area (Å²) in [7, 11) is 2.11. The van der Waals surface area contributed by atoms with Gasteiger partial charge in [-0.2, -0.15) is 0 Å². The molecule has 0 N–H and O–H groups in total. The largest absolute Gasteiger partial charge is 0.342 e. The molecule has 6 heteroatoms. The molecule has 0 aliphatic carbocycles. The molecule has 0 unspecified atom stereocenters. The van der Waals surface area contributed by atoms with E-state index in [9.17, 15) is 9.59 Å². The molecule has 0 spiro atoms. The van der Waals surface area contributed by atoms with Crippen molar-refractivity contribution in [3.63, 3.8) is 0 Å². The Kier molecular flexibility index (Phi) is 4.54. The molecule has 0 atom stereocenters. The van der Waals surface area contributed by atoms with Gasteiger partial charge in [0.1, 0.15) is 0 Å². The maximum absolute atomic E-state index is 12.1. The van der Waals surface area contributed by atoms with Crippen LogP contribution in [0.4, 0.5) is 0 Å². The molecule has 18 heavy (non-hydrogen) atoms. The standard InChI is InChI=1S/C12H22N4O2/c1-13-2-4-14(5-3-13)10-12(18)16-8-6-15(11-17)7-9-16/h11H,2-10H2,1H3. The summed E-state index contributed by atoms with van der Waals surface area (Å²) >= 11 is 0. The molecule has 0 saturated carbocycles. The van der Waals surface area contributed by atoms with Crippen LogP contribution < -0.4 is 0 Å². The van der Waals surface area contributed by atoms with Crippen molar-refractivity contribution in [1.29, 1.82) is 0 Å².